The van der Waals surface area contributed by atoms with Crippen LogP contribution < -0.4 is 5.32 Å². The van der Waals surface area contributed by atoms with Crippen molar-refractivity contribution in [2.45, 2.75) is 28.6 Å². The van der Waals surface area contributed by atoms with Gasteiger partial charge in [-0.05, 0) is 37.3 Å². The van der Waals surface area contributed by atoms with Crippen LogP contribution >= 0.6 is 23.5 Å². The molecule has 0 aliphatic carbocycles. The van der Waals surface area contributed by atoms with E-state index in [0.29, 0.717) is 4.91 Å². The third-order valence-corrected chi connectivity index (χ3v) is 6.07. The average Bonchev–Trinajstić information content (AvgIpc) is 2.94. The Morgan fingerprint density at radius 1 is 1.12 bits per heavy atom. The number of rotatable bonds is 3. The third kappa shape index (κ3) is 3.79. The molecule has 4 rings (SSSR count). The molecule has 1 aliphatic rings. The van der Waals surface area contributed by atoms with E-state index in [1.54, 1.807) is 11.8 Å². The molecule has 2 unspecified atom stereocenters. The normalized spacial score (nSPS) is 21.6. The minimum atomic E-state index is -0.862. The van der Waals surface area contributed by atoms with E-state index in [0.717, 1.165) is 26.4 Å². The number of fused-ring (bicyclic) bond motifs is 1. The summed E-state index contributed by atoms with van der Waals surface area (Å²) >= 11 is 2.80. The highest BCUT2D eigenvalue weighted by Gasteiger charge is 2.26. The first-order chi connectivity index (χ1) is 12.6. The van der Waals surface area contributed by atoms with Crippen molar-refractivity contribution in [2.24, 2.45) is 0 Å². The first kappa shape index (κ1) is 17.6. The molecule has 0 saturated carbocycles. The quantitative estimate of drug-likeness (QED) is 0.637. The largest absolute Gasteiger partial charge is 0.374 e. The number of pyridine rings is 1. The van der Waals surface area contributed by atoms with Crippen LogP contribution in [0.5, 0.6) is 0 Å². The summed E-state index contributed by atoms with van der Waals surface area (Å²) in [4.78, 5) is 6.61. The number of thioether (sulfide) groups is 1. The maximum absolute atomic E-state index is 10.1. The lowest BCUT2D eigenvalue weighted by atomic mass is 10.1. The van der Waals surface area contributed by atoms with Crippen LogP contribution in [0.15, 0.2) is 69.4 Å². The van der Waals surface area contributed by atoms with Crippen LogP contribution in [0.2, 0.25) is 0 Å². The fourth-order valence-electron chi connectivity index (χ4n) is 2.73. The molecule has 1 saturated heterocycles. The van der Waals surface area contributed by atoms with Crippen LogP contribution in [0, 0.1) is 6.92 Å². The number of aliphatic hydroxyl groups excluding tert-OH is 2. The highest BCUT2D eigenvalue weighted by Crippen LogP contribution is 2.36. The smallest absolute Gasteiger partial charge is 0.159 e. The third-order valence-electron chi connectivity index (χ3n) is 4.07. The summed E-state index contributed by atoms with van der Waals surface area (Å²) in [6.45, 7) is 2.07. The summed E-state index contributed by atoms with van der Waals surface area (Å²) in [5.41, 5.74) is 2.28. The zero-order chi connectivity index (χ0) is 18.1. The van der Waals surface area contributed by atoms with Crippen LogP contribution in [0.1, 0.15) is 11.1 Å². The van der Waals surface area contributed by atoms with Crippen molar-refractivity contribution in [3.8, 4) is 0 Å². The van der Waals surface area contributed by atoms with Gasteiger partial charge >= 0.3 is 0 Å². The standard InChI is InChI=1S/C20H18N2O2S2/c1-12-6-8-15(9-7-12)25-19-14(11-17-18(23)22-20(24)26-17)10-13-4-2-3-5-16(13)21-19/h2-11,18,20,22-24H,1H3/b17-11-. The zero-order valence-electron chi connectivity index (χ0n) is 14.1. The molecule has 4 nitrogen and oxygen atoms in total. The van der Waals surface area contributed by atoms with Gasteiger partial charge in [-0.15, -0.1) is 0 Å². The van der Waals surface area contributed by atoms with Crippen molar-refractivity contribution >= 4 is 40.5 Å². The van der Waals surface area contributed by atoms with Crippen molar-refractivity contribution in [3.05, 3.63) is 70.6 Å². The lowest BCUT2D eigenvalue weighted by Gasteiger charge is -2.10. The number of hydrogen-bond donors (Lipinski definition) is 3. The molecule has 26 heavy (non-hydrogen) atoms. The molecule has 1 fully saturated rings. The second-order valence-corrected chi connectivity index (χ2v) is 8.29. The molecule has 0 amide bonds. The molecule has 2 heterocycles. The van der Waals surface area contributed by atoms with Gasteiger partial charge in [-0.1, -0.05) is 59.4 Å². The van der Waals surface area contributed by atoms with E-state index in [9.17, 15) is 10.2 Å². The van der Waals surface area contributed by atoms with E-state index in [2.05, 4.69) is 42.6 Å². The van der Waals surface area contributed by atoms with Crippen molar-refractivity contribution in [1.82, 2.24) is 10.3 Å². The Balaban J connectivity index is 1.78. The van der Waals surface area contributed by atoms with Gasteiger partial charge in [0.15, 0.2) is 5.56 Å². The second-order valence-electron chi connectivity index (χ2n) is 6.08. The summed E-state index contributed by atoms with van der Waals surface area (Å²) < 4.78 is 0. The molecular weight excluding hydrogens is 364 g/mol. The number of aryl methyl sites for hydroxylation is 1. The first-order valence-electron chi connectivity index (χ1n) is 8.23. The maximum Gasteiger partial charge on any atom is 0.159 e. The van der Waals surface area contributed by atoms with Crippen molar-refractivity contribution in [3.63, 3.8) is 0 Å². The van der Waals surface area contributed by atoms with Gasteiger partial charge in [0.2, 0.25) is 0 Å². The molecule has 2 atom stereocenters. The Kier molecular flexibility index (Phi) is 5.02. The fraction of sp³-hybridized carbons (Fsp3) is 0.150. The number of aliphatic hydroxyl groups is 2. The van der Waals surface area contributed by atoms with Crippen molar-refractivity contribution in [2.75, 3.05) is 0 Å². The van der Waals surface area contributed by atoms with Crippen molar-refractivity contribution in [1.29, 1.82) is 0 Å². The number of aromatic nitrogens is 1. The Morgan fingerprint density at radius 3 is 2.62 bits per heavy atom. The van der Waals surface area contributed by atoms with Gasteiger partial charge in [0.25, 0.3) is 0 Å². The fourth-order valence-corrected chi connectivity index (χ4v) is 4.45. The molecule has 3 N–H and O–H groups in total. The van der Waals surface area contributed by atoms with Gasteiger partial charge in [0.05, 0.1) is 5.52 Å². The van der Waals surface area contributed by atoms with Crippen LogP contribution in [0.4, 0.5) is 0 Å². The Hall–Kier alpha value is -1.83. The van der Waals surface area contributed by atoms with Crippen LogP contribution in [-0.2, 0) is 0 Å². The lowest BCUT2D eigenvalue weighted by molar-refractivity contribution is 0.127. The number of nitrogens with zero attached hydrogens (tertiary/aromatic N) is 1. The zero-order valence-corrected chi connectivity index (χ0v) is 15.7. The number of para-hydroxylation sites is 1. The first-order valence-corrected chi connectivity index (χ1v) is 9.93. The Bertz CT molecular complexity index is 973. The van der Waals surface area contributed by atoms with E-state index in [-0.39, 0.29) is 0 Å². The van der Waals surface area contributed by atoms with Crippen LogP contribution in [-0.4, -0.2) is 27.0 Å². The molecule has 6 heteroatoms. The van der Waals surface area contributed by atoms with E-state index >= 15 is 0 Å². The molecule has 0 spiro atoms. The summed E-state index contributed by atoms with van der Waals surface area (Å²) in [6.07, 6.45) is 1.04. The van der Waals surface area contributed by atoms with E-state index in [1.807, 2.05) is 30.3 Å². The van der Waals surface area contributed by atoms with E-state index in [4.69, 9.17) is 4.98 Å². The summed E-state index contributed by atoms with van der Waals surface area (Å²) in [5, 5.41) is 24.3. The van der Waals surface area contributed by atoms with Crippen molar-refractivity contribution < 1.29 is 10.2 Å². The molecule has 0 radical (unpaired) electrons. The minimum Gasteiger partial charge on any atom is -0.374 e. The average molecular weight is 383 g/mol. The van der Waals surface area contributed by atoms with Gasteiger partial charge in [0, 0.05) is 20.8 Å². The van der Waals surface area contributed by atoms with Gasteiger partial charge in [-0.25, -0.2) is 4.98 Å². The van der Waals surface area contributed by atoms with Gasteiger partial charge in [-0.3, -0.25) is 5.32 Å². The lowest BCUT2D eigenvalue weighted by Crippen LogP contribution is -2.28. The monoisotopic (exact) mass is 382 g/mol. The summed E-state index contributed by atoms with van der Waals surface area (Å²) in [5.74, 6) is 0. The number of hydrogen-bond acceptors (Lipinski definition) is 6. The summed E-state index contributed by atoms with van der Waals surface area (Å²) in [6, 6.07) is 18.4. The van der Waals surface area contributed by atoms with E-state index < -0.39 is 11.8 Å². The second kappa shape index (κ2) is 7.42. The molecule has 3 aromatic rings. The van der Waals surface area contributed by atoms with Crippen LogP contribution in [0.3, 0.4) is 0 Å². The predicted molar refractivity (Wildman–Crippen MR) is 108 cm³/mol. The SMILES string of the molecule is Cc1ccc(Sc2nc3ccccc3cc2/C=C2\SC(O)NC2O)cc1. The molecule has 0 bridgehead atoms. The molecular formula is C20H18N2O2S2. The highest BCUT2D eigenvalue weighted by molar-refractivity contribution is 8.04. The van der Waals surface area contributed by atoms with Gasteiger partial charge in [0.1, 0.15) is 11.3 Å². The molecule has 1 aromatic heterocycles. The topological polar surface area (TPSA) is 65.4 Å². The minimum absolute atomic E-state index is 0.681. The highest BCUT2D eigenvalue weighted by atomic mass is 32.2. The number of benzene rings is 2. The Labute approximate surface area is 160 Å². The molecule has 132 valence electrons. The molecule has 2 aromatic carbocycles. The maximum atomic E-state index is 10.1. The summed E-state index contributed by atoms with van der Waals surface area (Å²) in [7, 11) is 0. The number of nitrogens with one attached hydrogen (secondary N) is 1. The van der Waals surface area contributed by atoms with E-state index in [1.165, 1.54) is 17.3 Å². The van der Waals surface area contributed by atoms with Gasteiger partial charge < -0.3 is 10.2 Å². The molecule has 1 aliphatic heterocycles. The van der Waals surface area contributed by atoms with Gasteiger partial charge in [-0.2, -0.15) is 0 Å². The Morgan fingerprint density at radius 2 is 1.88 bits per heavy atom. The predicted octanol–water partition coefficient (Wildman–Crippen LogP) is 3.97. The van der Waals surface area contributed by atoms with Crippen LogP contribution in [0.25, 0.3) is 17.0 Å².